The minimum absolute atomic E-state index is 0.327. The molecular weight excluding hydrogens is 276 g/mol. The van der Waals surface area contributed by atoms with Crippen molar-refractivity contribution in [1.29, 1.82) is 0 Å². The average molecular weight is 303 g/mol. The lowest BCUT2D eigenvalue weighted by atomic mass is 9.84. The molecule has 2 aliphatic heterocycles. The molecule has 2 aliphatic rings. The Morgan fingerprint density at radius 3 is 2.77 bits per heavy atom. The quantitative estimate of drug-likeness (QED) is 0.900. The number of anilines is 1. The number of carbonyl (C=O) groups excluding carboxylic acids is 1. The lowest BCUT2D eigenvalue weighted by Crippen LogP contribution is -3.18. The Bertz CT molecular complexity index is 498. The van der Waals surface area contributed by atoms with Gasteiger partial charge in [0.1, 0.15) is 6.61 Å². The number of ether oxygens (including phenoxy) is 1. The highest BCUT2D eigenvalue weighted by atomic mass is 16.5. The molecule has 1 amide bonds. The predicted octanol–water partition coefficient (Wildman–Crippen LogP) is 2.39. The number of piperidine rings is 2. The van der Waals surface area contributed by atoms with Gasteiger partial charge in [0.2, 0.25) is 0 Å². The van der Waals surface area contributed by atoms with Crippen LogP contribution < -0.4 is 10.2 Å². The number of rotatable bonds is 3. The fourth-order valence-electron chi connectivity index (χ4n) is 3.95. The van der Waals surface area contributed by atoms with Crippen molar-refractivity contribution in [3.8, 4) is 0 Å². The second-order valence-electron chi connectivity index (χ2n) is 6.75. The summed E-state index contributed by atoms with van der Waals surface area (Å²) in [7, 11) is 0. The largest absolute Gasteiger partial charge is 0.449 e. The molecule has 0 radical (unpaired) electrons. The Morgan fingerprint density at radius 1 is 1.18 bits per heavy atom. The topological polar surface area (TPSA) is 42.8 Å². The number of hydrogen-bond acceptors (Lipinski definition) is 2. The molecule has 0 bridgehead atoms. The molecule has 2 saturated heterocycles. The van der Waals surface area contributed by atoms with Gasteiger partial charge in [-0.25, -0.2) is 4.79 Å². The number of aryl methyl sites for hydroxylation is 1. The Morgan fingerprint density at radius 2 is 1.95 bits per heavy atom. The highest BCUT2D eigenvalue weighted by molar-refractivity contribution is 5.84. The summed E-state index contributed by atoms with van der Waals surface area (Å²) >= 11 is 0. The smallest absolute Gasteiger partial charge is 0.411 e. The minimum atomic E-state index is -0.327. The van der Waals surface area contributed by atoms with E-state index in [0.717, 1.165) is 5.69 Å². The van der Waals surface area contributed by atoms with Crippen LogP contribution in [0.15, 0.2) is 24.3 Å². The second-order valence-corrected chi connectivity index (χ2v) is 6.75. The molecule has 0 aromatic heterocycles. The van der Waals surface area contributed by atoms with Gasteiger partial charge in [-0.15, -0.1) is 0 Å². The fourth-order valence-corrected chi connectivity index (χ4v) is 3.95. The summed E-state index contributed by atoms with van der Waals surface area (Å²) in [5.74, 6) is 0.535. The van der Waals surface area contributed by atoms with Crippen molar-refractivity contribution in [1.82, 2.24) is 0 Å². The summed E-state index contributed by atoms with van der Waals surface area (Å²) in [5, 5.41) is 2.81. The van der Waals surface area contributed by atoms with Crippen LogP contribution >= 0.6 is 0 Å². The molecule has 0 spiro atoms. The van der Waals surface area contributed by atoms with Crippen molar-refractivity contribution in [2.45, 2.75) is 45.1 Å². The van der Waals surface area contributed by atoms with Gasteiger partial charge in [0.25, 0.3) is 0 Å². The van der Waals surface area contributed by atoms with E-state index >= 15 is 0 Å². The maximum absolute atomic E-state index is 12.0. The van der Waals surface area contributed by atoms with Crippen molar-refractivity contribution in [3.05, 3.63) is 29.8 Å². The van der Waals surface area contributed by atoms with Crippen molar-refractivity contribution in [2.75, 3.05) is 25.0 Å². The molecule has 1 aromatic carbocycles. The van der Waals surface area contributed by atoms with E-state index < -0.39 is 0 Å². The lowest BCUT2D eigenvalue weighted by molar-refractivity contribution is -0.940. The molecule has 2 heterocycles. The van der Waals surface area contributed by atoms with E-state index in [1.165, 1.54) is 50.8 Å². The minimum Gasteiger partial charge on any atom is -0.449 e. The molecule has 2 N–H and O–H groups in total. The summed E-state index contributed by atoms with van der Waals surface area (Å²) in [5.41, 5.74) is 1.98. The van der Waals surface area contributed by atoms with Crippen molar-refractivity contribution < 1.29 is 14.4 Å². The maximum atomic E-state index is 12.0. The third-order valence-electron chi connectivity index (χ3n) is 5.16. The van der Waals surface area contributed by atoms with E-state index in [1.54, 1.807) is 4.90 Å². The predicted molar refractivity (Wildman–Crippen MR) is 87.2 cm³/mol. The molecule has 120 valence electrons. The summed E-state index contributed by atoms with van der Waals surface area (Å²) in [6.07, 6.45) is 6.12. The number of amides is 1. The van der Waals surface area contributed by atoms with Crippen molar-refractivity contribution in [3.63, 3.8) is 0 Å². The zero-order valence-electron chi connectivity index (χ0n) is 13.4. The molecule has 3 atom stereocenters. The van der Waals surface area contributed by atoms with E-state index in [1.807, 2.05) is 31.2 Å². The summed E-state index contributed by atoms with van der Waals surface area (Å²) in [4.78, 5) is 13.7. The van der Waals surface area contributed by atoms with Crippen LogP contribution in [0.5, 0.6) is 0 Å². The summed E-state index contributed by atoms with van der Waals surface area (Å²) < 4.78 is 5.50. The highest BCUT2D eigenvalue weighted by Crippen LogP contribution is 2.21. The third-order valence-corrected chi connectivity index (χ3v) is 5.16. The van der Waals surface area contributed by atoms with Crippen LogP contribution in [0.4, 0.5) is 10.5 Å². The fraction of sp³-hybridized carbons (Fsp3) is 0.611. The second kappa shape index (κ2) is 7.14. The van der Waals surface area contributed by atoms with Crippen LogP contribution in [0.2, 0.25) is 0 Å². The molecular formula is C18H27N2O2+. The zero-order valence-corrected chi connectivity index (χ0v) is 13.4. The van der Waals surface area contributed by atoms with Gasteiger partial charge in [0, 0.05) is 11.6 Å². The summed E-state index contributed by atoms with van der Waals surface area (Å²) in [6.45, 7) is 5.20. The van der Waals surface area contributed by atoms with Crippen LogP contribution in [0.25, 0.3) is 0 Å². The Kier molecular flexibility index (Phi) is 4.98. The van der Waals surface area contributed by atoms with Crippen LogP contribution in [0.3, 0.4) is 0 Å². The number of nitrogens with one attached hydrogen (secondary N) is 2. The van der Waals surface area contributed by atoms with Gasteiger partial charge < -0.3 is 9.64 Å². The standard InChI is InChI=1S/C18H26N2O2/c1-14-7-9-16(10-8-14)19-18(21)22-13-15-5-4-12-20-11-3-2-6-17(15)20/h7-10,15,17H,2-6,11-13H2,1H3,(H,19,21)/p+1/t15-,17+/m0/s1. The van der Waals surface area contributed by atoms with Gasteiger partial charge in [-0.2, -0.15) is 0 Å². The molecule has 0 aliphatic carbocycles. The Labute approximate surface area is 132 Å². The molecule has 22 heavy (non-hydrogen) atoms. The van der Waals surface area contributed by atoms with Crippen LogP contribution in [0.1, 0.15) is 37.7 Å². The first-order valence-electron chi connectivity index (χ1n) is 8.57. The number of benzene rings is 1. The molecule has 1 aromatic rings. The van der Waals surface area contributed by atoms with Crippen molar-refractivity contribution >= 4 is 11.8 Å². The van der Waals surface area contributed by atoms with E-state index in [-0.39, 0.29) is 6.09 Å². The number of hydrogen-bond donors (Lipinski definition) is 2. The highest BCUT2D eigenvalue weighted by Gasteiger charge is 2.37. The molecule has 0 saturated carbocycles. The maximum Gasteiger partial charge on any atom is 0.411 e. The monoisotopic (exact) mass is 303 g/mol. The first-order chi connectivity index (χ1) is 10.7. The van der Waals surface area contributed by atoms with Gasteiger partial charge >= 0.3 is 6.09 Å². The summed E-state index contributed by atoms with van der Waals surface area (Å²) in [6, 6.07) is 8.49. The molecule has 4 heteroatoms. The number of quaternary nitrogens is 1. The first-order valence-corrected chi connectivity index (χ1v) is 8.57. The van der Waals surface area contributed by atoms with Crippen LogP contribution in [-0.2, 0) is 4.74 Å². The molecule has 2 fully saturated rings. The normalized spacial score (nSPS) is 27.8. The van der Waals surface area contributed by atoms with Crippen LogP contribution in [0, 0.1) is 12.8 Å². The first kappa shape index (κ1) is 15.3. The van der Waals surface area contributed by atoms with E-state index in [0.29, 0.717) is 18.6 Å². The lowest BCUT2D eigenvalue weighted by Gasteiger charge is -2.40. The molecule has 4 nitrogen and oxygen atoms in total. The third kappa shape index (κ3) is 3.80. The molecule has 3 rings (SSSR count). The molecule has 1 unspecified atom stereocenters. The van der Waals surface area contributed by atoms with Gasteiger partial charge in [-0.05, 0) is 51.2 Å². The van der Waals surface area contributed by atoms with Crippen molar-refractivity contribution in [2.24, 2.45) is 5.92 Å². The number of carbonyl (C=O) groups is 1. The van der Waals surface area contributed by atoms with Gasteiger partial charge in [-0.3, -0.25) is 5.32 Å². The Balaban J connectivity index is 1.48. The van der Waals surface area contributed by atoms with E-state index in [9.17, 15) is 4.79 Å². The number of fused-ring (bicyclic) bond motifs is 1. The van der Waals surface area contributed by atoms with Crippen LogP contribution in [-0.4, -0.2) is 31.8 Å². The Hall–Kier alpha value is -1.55. The van der Waals surface area contributed by atoms with Gasteiger partial charge in [-0.1, -0.05) is 17.7 Å². The average Bonchev–Trinajstić information content (AvgIpc) is 2.55. The van der Waals surface area contributed by atoms with Gasteiger partial charge in [0.05, 0.1) is 19.1 Å². The van der Waals surface area contributed by atoms with E-state index in [4.69, 9.17) is 4.74 Å². The van der Waals surface area contributed by atoms with Gasteiger partial charge in [0.15, 0.2) is 0 Å². The SMILES string of the molecule is Cc1ccc(NC(=O)OC[C@@H]2CCC[NH+]3CCCC[C@H]23)cc1. The zero-order chi connectivity index (χ0) is 15.4. The van der Waals surface area contributed by atoms with E-state index in [2.05, 4.69) is 5.32 Å².